The van der Waals surface area contributed by atoms with Gasteiger partial charge < -0.3 is 4.74 Å². The third kappa shape index (κ3) is 4.15. The van der Waals surface area contributed by atoms with E-state index < -0.39 is 11.9 Å². The van der Waals surface area contributed by atoms with Crippen LogP contribution in [0.1, 0.15) is 25.8 Å². The minimum atomic E-state index is -0.677. The highest BCUT2D eigenvalue weighted by Gasteiger charge is 2.25. The average Bonchev–Trinajstić information content (AvgIpc) is 2.30. The van der Waals surface area contributed by atoms with Crippen LogP contribution in [0.15, 0.2) is 24.3 Å². The molecule has 1 atom stereocenters. The quantitative estimate of drug-likeness (QED) is 0.588. The molecule has 1 rings (SSSR count). The fourth-order valence-electron chi connectivity index (χ4n) is 1.74. The Bertz CT molecular complexity index is 429. The molecular weight excluding hydrogens is 252 g/mol. The van der Waals surface area contributed by atoms with Crippen LogP contribution in [0.4, 0.5) is 0 Å². The monoisotopic (exact) mass is 268 g/mol. The number of ether oxygens (including phenoxy) is 1. The normalized spacial score (nSPS) is 11.9. The van der Waals surface area contributed by atoms with Gasteiger partial charge in [-0.3, -0.25) is 9.59 Å². The number of benzene rings is 1. The van der Waals surface area contributed by atoms with Gasteiger partial charge in [-0.25, -0.2) is 0 Å². The highest BCUT2D eigenvalue weighted by Crippen LogP contribution is 2.15. The van der Waals surface area contributed by atoms with Crippen LogP contribution in [0.2, 0.25) is 5.02 Å². The van der Waals surface area contributed by atoms with Gasteiger partial charge in [0.05, 0.1) is 6.61 Å². The molecule has 0 spiro atoms. The van der Waals surface area contributed by atoms with E-state index in [2.05, 4.69) is 0 Å². The summed E-state index contributed by atoms with van der Waals surface area (Å²) in [5.74, 6) is -1.24. The van der Waals surface area contributed by atoms with Crippen LogP contribution < -0.4 is 0 Å². The molecule has 0 aliphatic heterocycles. The molecule has 0 fully saturated rings. The standard InChI is InChI=1S/C14H17ClO3/c1-3-12(14(17)18-4-2)13(16)9-10-6-5-7-11(15)8-10/h5-8,12H,3-4,9H2,1-2H3. The van der Waals surface area contributed by atoms with E-state index in [0.29, 0.717) is 18.1 Å². The molecule has 0 amide bonds. The highest BCUT2D eigenvalue weighted by molar-refractivity contribution is 6.30. The largest absolute Gasteiger partial charge is 0.465 e. The van der Waals surface area contributed by atoms with Crippen LogP contribution in [0, 0.1) is 5.92 Å². The van der Waals surface area contributed by atoms with Gasteiger partial charge in [-0.1, -0.05) is 30.7 Å². The number of esters is 1. The summed E-state index contributed by atoms with van der Waals surface area (Å²) in [6, 6.07) is 7.09. The Morgan fingerprint density at radius 3 is 2.61 bits per heavy atom. The topological polar surface area (TPSA) is 43.4 Å². The lowest BCUT2D eigenvalue weighted by atomic mass is 9.96. The molecule has 18 heavy (non-hydrogen) atoms. The van der Waals surface area contributed by atoms with Crippen molar-refractivity contribution in [3.8, 4) is 0 Å². The predicted molar refractivity (Wildman–Crippen MR) is 70.6 cm³/mol. The summed E-state index contributed by atoms with van der Waals surface area (Å²) in [4.78, 5) is 23.6. The second kappa shape index (κ2) is 7.17. The summed E-state index contributed by atoms with van der Waals surface area (Å²) in [6.45, 7) is 3.82. The molecule has 0 saturated carbocycles. The fraction of sp³-hybridized carbons (Fsp3) is 0.429. The maximum absolute atomic E-state index is 12.0. The number of Topliss-reactive ketones (excluding diaryl/α,β-unsaturated/α-hetero) is 1. The van der Waals surface area contributed by atoms with Crippen molar-refractivity contribution in [3.63, 3.8) is 0 Å². The van der Waals surface area contributed by atoms with Crippen LogP contribution >= 0.6 is 11.6 Å². The fourth-order valence-corrected chi connectivity index (χ4v) is 1.95. The first-order valence-electron chi connectivity index (χ1n) is 6.02. The molecule has 1 unspecified atom stereocenters. The van der Waals surface area contributed by atoms with Gasteiger partial charge in [0.1, 0.15) is 5.92 Å². The first kappa shape index (κ1) is 14.7. The molecule has 0 heterocycles. The van der Waals surface area contributed by atoms with E-state index in [1.807, 2.05) is 6.07 Å². The molecule has 1 aromatic carbocycles. The van der Waals surface area contributed by atoms with Gasteiger partial charge in [-0.15, -0.1) is 0 Å². The second-order valence-electron chi connectivity index (χ2n) is 3.99. The van der Waals surface area contributed by atoms with Gasteiger partial charge >= 0.3 is 5.97 Å². The lowest BCUT2D eigenvalue weighted by Gasteiger charge is -2.12. The van der Waals surface area contributed by atoms with Crippen LogP contribution in [-0.4, -0.2) is 18.4 Å². The first-order valence-corrected chi connectivity index (χ1v) is 6.40. The van der Waals surface area contributed by atoms with E-state index in [9.17, 15) is 9.59 Å². The number of rotatable bonds is 6. The van der Waals surface area contributed by atoms with Gasteiger partial charge in [0, 0.05) is 11.4 Å². The number of ketones is 1. The lowest BCUT2D eigenvalue weighted by molar-refractivity contribution is -0.151. The van der Waals surface area contributed by atoms with Crippen LogP contribution in [0.3, 0.4) is 0 Å². The van der Waals surface area contributed by atoms with E-state index in [1.54, 1.807) is 32.0 Å². The van der Waals surface area contributed by atoms with Crippen molar-refractivity contribution in [2.24, 2.45) is 5.92 Å². The number of carbonyl (C=O) groups excluding carboxylic acids is 2. The zero-order valence-corrected chi connectivity index (χ0v) is 11.4. The van der Waals surface area contributed by atoms with Crippen molar-refractivity contribution in [1.29, 1.82) is 0 Å². The Hall–Kier alpha value is -1.35. The summed E-state index contributed by atoms with van der Waals surface area (Å²) in [6.07, 6.45) is 0.663. The van der Waals surface area contributed by atoms with Crippen LogP contribution in [0.5, 0.6) is 0 Å². The van der Waals surface area contributed by atoms with Crippen molar-refractivity contribution >= 4 is 23.4 Å². The van der Waals surface area contributed by atoms with E-state index in [-0.39, 0.29) is 12.2 Å². The predicted octanol–water partition coefficient (Wildman–Crippen LogP) is 3.04. The smallest absolute Gasteiger partial charge is 0.316 e. The third-order valence-corrected chi connectivity index (χ3v) is 2.87. The zero-order valence-electron chi connectivity index (χ0n) is 10.6. The van der Waals surface area contributed by atoms with E-state index in [4.69, 9.17) is 16.3 Å². The summed E-state index contributed by atoms with van der Waals surface area (Å²) in [5.41, 5.74) is 0.815. The molecule has 0 radical (unpaired) electrons. The van der Waals surface area contributed by atoms with E-state index >= 15 is 0 Å². The third-order valence-electron chi connectivity index (χ3n) is 2.64. The molecule has 0 N–H and O–H groups in total. The van der Waals surface area contributed by atoms with Gasteiger partial charge in [0.15, 0.2) is 5.78 Å². The minimum Gasteiger partial charge on any atom is -0.465 e. The Labute approximate surface area is 112 Å². The Kier molecular flexibility index (Phi) is 5.86. The molecule has 0 aliphatic carbocycles. The molecule has 3 nitrogen and oxygen atoms in total. The summed E-state index contributed by atoms with van der Waals surface area (Å²) in [7, 11) is 0. The second-order valence-corrected chi connectivity index (χ2v) is 4.42. The van der Waals surface area contributed by atoms with Crippen LogP contribution in [0.25, 0.3) is 0 Å². The van der Waals surface area contributed by atoms with Crippen molar-refractivity contribution in [2.75, 3.05) is 6.61 Å². The summed E-state index contributed by atoms with van der Waals surface area (Å²) >= 11 is 5.85. The molecule has 1 aromatic rings. The summed E-state index contributed by atoms with van der Waals surface area (Å²) < 4.78 is 4.89. The van der Waals surface area contributed by atoms with Crippen molar-refractivity contribution in [1.82, 2.24) is 0 Å². The van der Waals surface area contributed by atoms with E-state index in [1.165, 1.54) is 0 Å². The SMILES string of the molecule is CCOC(=O)C(CC)C(=O)Cc1cccc(Cl)c1. The molecule has 98 valence electrons. The average molecular weight is 269 g/mol. The Morgan fingerprint density at radius 1 is 1.33 bits per heavy atom. The highest BCUT2D eigenvalue weighted by atomic mass is 35.5. The number of carbonyl (C=O) groups is 2. The lowest BCUT2D eigenvalue weighted by Crippen LogP contribution is -2.27. The van der Waals surface area contributed by atoms with Crippen LogP contribution in [-0.2, 0) is 20.7 Å². The molecular formula is C14H17ClO3. The van der Waals surface area contributed by atoms with Crippen molar-refractivity contribution in [2.45, 2.75) is 26.7 Å². The molecule has 0 saturated heterocycles. The maximum atomic E-state index is 12.0. The minimum absolute atomic E-state index is 0.127. The first-order chi connectivity index (χ1) is 8.58. The number of hydrogen-bond donors (Lipinski definition) is 0. The molecule has 0 aliphatic rings. The van der Waals surface area contributed by atoms with Gasteiger partial charge in [-0.05, 0) is 31.0 Å². The number of halogens is 1. The molecule has 0 aromatic heterocycles. The van der Waals surface area contributed by atoms with Gasteiger partial charge in [-0.2, -0.15) is 0 Å². The Balaban J connectivity index is 2.71. The Morgan fingerprint density at radius 2 is 2.06 bits per heavy atom. The van der Waals surface area contributed by atoms with Gasteiger partial charge in [0.25, 0.3) is 0 Å². The maximum Gasteiger partial charge on any atom is 0.316 e. The molecule has 4 heteroatoms. The molecule has 0 bridgehead atoms. The summed E-state index contributed by atoms with van der Waals surface area (Å²) in [5, 5.41) is 0.587. The van der Waals surface area contributed by atoms with Gasteiger partial charge in [0.2, 0.25) is 0 Å². The van der Waals surface area contributed by atoms with Crippen molar-refractivity contribution < 1.29 is 14.3 Å². The zero-order chi connectivity index (χ0) is 13.5. The van der Waals surface area contributed by atoms with E-state index in [0.717, 1.165) is 5.56 Å². The number of hydrogen-bond acceptors (Lipinski definition) is 3. The van der Waals surface area contributed by atoms with Crippen molar-refractivity contribution in [3.05, 3.63) is 34.9 Å².